The summed E-state index contributed by atoms with van der Waals surface area (Å²) in [5, 5.41) is 4.84. The Morgan fingerprint density at radius 2 is 1.97 bits per heavy atom. The Morgan fingerprint density at radius 3 is 2.71 bits per heavy atom. The molecule has 1 N–H and O–H groups in total. The first-order valence-electron chi connectivity index (χ1n) is 10.8. The molecule has 4 rings (SSSR count). The van der Waals surface area contributed by atoms with E-state index in [1.54, 1.807) is 10.5 Å². The Kier molecular flexibility index (Phi) is 6.86. The summed E-state index contributed by atoms with van der Waals surface area (Å²) < 4.78 is 31.0. The third-order valence-electron chi connectivity index (χ3n) is 6.27. The number of nitrogens with one attached hydrogen (secondary N) is 1. The molecule has 2 fully saturated rings. The summed E-state index contributed by atoms with van der Waals surface area (Å²) >= 11 is 0. The number of hydrogen-bond donors (Lipinski definition) is 1. The second kappa shape index (κ2) is 9.60. The lowest BCUT2D eigenvalue weighted by Gasteiger charge is -2.38. The van der Waals surface area contributed by atoms with Crippen LogP contribution < -0.4 is 5.32 Å². The van der Waals surface area contributed by atoms with Gasteiger partial charge in [-0.1, -0.05) is 24.3 Å². The van der Waals surface area contributed by atoms with Gasteiger partial charge in [-0.05, 0) is 30.7 Å². The average molecular weight is 447 g/mol. The van der Waals surface area contributed by atoms with E-state index in [0.29, 0.717) is 37.9 Å². The number of nitrogens with zero attached hydrogens (tertiary/aromatic N) is 3. The highest BCUT2D eigenvalue weighted by atomic mass is 32.2. The molecule has 168 valence electrons. The zero-order valence-corrected chi connectivity index (χ0v) is 18.7. The van der Waals surface area contributed by atoms with Crippen LogP contribution in [0.2, 0.25) is 0 Å². The van der Waals surface area contributed by atoms with Gasteiger partial charge in [0.15, 0.2) is 0 Å². The molecule has 9 heteroatoms. The van der Waals surface area contributed by atoms with Gasteiger partial charge >= 0.3 is 0 Å². The van der Waals surface area contributed by atoms with Crippen LogP contribution in [-0.4, -0.2) is 86.2 Å². The highest BCUT2D eigenvalue weighted by Crippen LogP contribution is 2.24. The molecule has 0 aliphatic carbocycles. The van der Waals surface area contributed by atoms with Crippen LogP contribution in [0.4, 0.5) is 0 Å². The van der Waals surface area contributed by atoms with Gasteiger partial charge in [0, 0.05) is 63.1 Å². The molecule has 2 aromatic rings. The first-order valence-corrected chi connectivity index (χ1v) is 12.7. The van der Waals surface area contributed by atoms with E-state index in [4.69, 9.17) is 4.74 Å². The van der Waals surface area contributed by atoms with Crippen LogP contribution in [0.3, 0.4) is 0 Å². The van der Waals surface area contributed by atoms with Gasteiger partial charge in [-0.3, -0.25) is 14.7 Å². The van der Waals surface area contributed by atoms with E-state index in [1.165, 1.54) is 6.26 Å². The molecule has 31 heavy (non-hydrogen) atoms. The molecule has 2 aliphatic rings. The van der Waals surface area contributed by atoms with Crippen LogP contribution in [-0.2, 0) is 14.8 Å². The van der Waals surface area contributed by atoms with Crippen LogP contribution in [0.5, 0.6) is 0 Å². The molecule has 0 bridgehead atoms. The number of amides is 1. The van der Waals surface area contributed by atoms with Crippen molar-refractivity contribution in [3.63, 3.8) is 0 Å². The summed E-state index contributed by atoms with van der Waals surface area (Å²) in [6.07, 6.45) is 5.58. The van der Waals surface area contributed by atoms with Crippen LogP contribution in [0.1, 0.15) is 29.8 Å². The third-order valence-corrected chi connectivity index (χ3v) is 7.54. The second-order valence-electron chi connectivity index (χ2n) is 8.28. The minimum Gasteiger partial charge on any atom is -0.381 e. The Balaban J connectivity index is 1.42. The van der Waals surface area contributed by atoms with Crippen LogP contribution in [0.25, 0.3) is 10.8 Å². The fourth-order valence-corrected chi connectivity index (χ4v) is 5.53. The van der Waals surface area contributed by atoms with Crippen LogP contribution in [0, 0.1) is 0 Å². The van der Waals surface area contributed by atoms with Crippen molar-refractivity contribution in [2.45, 2.75) is 31.3 Å². The summed E-state index contributed by atoms with van der Waals surface area (Å²) in [6, 6.07) is 10.1. The monoisotopic (exact) mass is 446 g/mol. The number of hydrogen-bond acceptors (Lipinski definition) is 6. The molecule has 1 unspecified atom stereocenters. The second-order valence-corrected chi connectivity index (χ2v) is 10.3. The zero-order valence-electron chi connectivity index (χ0n) is 17.9. The molecule has 0 radical (unpaired) electrons. The Hall–Kier alpha value is -2.07. The number of carbonyl (C=O) groups is 1. The Morgan fingerprint density at radius 1 is 1.19 bits per heavy atom. The Labute approximate surface area is 183 Å². The number of fused-ring (bicyclic) bond motifs is 1. The first kappa shape index (κ1) is 22.1. The summed E-state index contributed by atoms with van der Waals surface area (Å²) in [7, 11) is -3.19. The minimum atomic E-state index is -3.19. The van der Waals surface area contributed by atoms with Crippen LogP contribution in [0.15, 0.2) is 36.5 Å². The minimum absolute atomic E-state index is 0.158. The van der Waals surface area contributed by atoms with Crippen molar-refractivity contribution < 1.29 is 17.9 Å². The lowest BCUT2D eigenvalue weighted by Crippen LogP contribution is -2.50. The normalized spacial score (nSPS) is 21.0. The summed E-state index contributed by atoms with van der Waals surface area (Å²) in [5.74, 6) is -0.187. The summed E-state index contributed by atoms with van der Waals surface area (Å²) in [6.45, 7) is 3.65. The van der Waals surface area contributed by atoms with Crippen molar-refractivity contribution in [1.29, 1.82) is 0 Å². The highest BCUT2D eigenvalue weighted by Gasteiger charge is 2.35. The van der Waals surface area contributed by atoms with Gasteiger partial charge < -0.3 is 10.1 Å². The van der Waals surface area contributed by atoms with Crippen molar-refractivity contribution in [3.8, 4) is 0 Å². The smallest absolute Gasteiger partial charge is 0.270 e. The van der Waals surface area contributed by atoms with Gasteiger partial charge in [-0.2, -0.15) is 0 Å². The van der Waals surface area contributed by atoms with E-state index >= 15 is 0 Å². The molecule has 0 saturated carbocycles. The van der Waals surface area contributed by atoms with Crippen molar-refractivity contribution in [3.05, 3.63) is 42.2 Å². The number of carbonyl (C=O) groups excluding carboxylic acids is 1. The quantitative estimate of drug-likeness (QED) is 0.693. The molecule has 1 atom stereocenters. The lowest BCUT2D eigenvalue weighted by atomic mass is 10.0. The molecule has 2 aliphatic heterocycles. The van der Waals surface area contributed by atoms with E-state index in [-0.39, 0.29) is 11.9 Å². The SMILES string of the molecule is CS(=O)(=O)N1CCC(N(CCNC(=O)c2nccc3ccccc23)C2CCOCC2)C1. The molecule has 1 aromatic heterocycles. The maximum Gasteiger partial charge on any atom is 0.270 e. The van der Waals surface area contributed by atoms with E-state index < -0.39 is 10.0 Å². The third kappa shape index (κ3) is 5.23. The number of pyridine rings is 1. The van der Waals surface area contributed by atoms with Crippen molar-refractivity contribution in [2.75, 3.05) is 45.6 Å². The van der Waals surface area contributed by atoms with Crippen molar-refractivity contribution in [1.82, 2.24) is 19.5 Å². The predicted molar refractivity (Wildman–Crippen MR) is 119 cm³/mol. The maximum absolute atomic E-state index is 12.8. The predicted octanol–water partition coefficient (Wildman–Crippen LogP) is 1.48. The number of benzene rings is 1. The van der Waals surface area contributed by atoms with Crippen molar-refractivity contribution in [2.24, 2.45) is 0 Å². The van der Waals surface area contributed by atoms with E-state index in [1.807, 2.05) is 30.3 Å². The molecule has 1 aromatic carbocycles. The van der Waals surface area contributed by atoms with E-state index in [0.717, 1.165) is 43.2 Å². The number of sulfonamides is 1. The van der Waals surface area contributed by atoms with Crippen LogP contribution >= 0.6 is 0 Å². The molecule has 8 nitrogen and oxygen atoms in total. The van der Waals surface area contributed by atoms with Gasteiger partial charge in [0.05, 0.1) is 6.26 Å². The first-order chi connectivity index (χ1) is 14.9. The van der Waals surface area contributed by atoms with E-state index in [9.17, 15) is 13.2 Å². The van der Waals surface area contributed by atoms with E-state index in [2.05, 4.69) is 15.2 Å². The van der Waals surface area contributed by atoms with Crippen molar-refractivity contribution >= 4 is 26.7 Å². The highest BCUT2D eigenvalue weighted by molar-refractivity contribution is 7.88. The van der Waals surface area contributed by atoms with Gasteiger partial charge in [0.1, 0.15) is 5.69 Å². The maximum atomic E-state index is 12.8. The molecule has 1 amide bonds. The average Bonchev–Trinajstić information content (AvgIpc) is 3.27. The van der Waals surface area contributed by atoms with Gasteiger partial charge in [0.2, 0.25) is 10.0 Å². The summed E-state index contributed by atoms with van der Waals surface area (Å²) in [5.41, 5.74) is 0.430. The number of ether oxygens (including phenoxy) is 1. The fraction of sp³-hybridized carbons (Fsp3) is 0.545. The van der Waals surface area contributed by atoms with Gasteiger partial charge in [-0.15, -0.1) is 0 Å². The topological polar surface area (TPSA) is 91.8 Å². The lowest BCUT2D eigenvalue weighted by molar-refractivity contribution is 0.0194. The molecular formula is C22H30N4O4S. The van der Waals surface area contributed by atoms with Gasteiger partial charge in [0.25, 0.3) is 5.91 Å². The molecular weight excluding hydrogens is 416 g/mol. The summed E-state index contributed by atoms with van der Waals surface area (Å²) in [4.78, 5) is 19.5. The number of aromatic nitrogens is 1. The van der Waals surface area contributed by atoms with Gasteiger partial charge in [-0.25, -0.2) is 12.7 Å². The number of rotatable bonds is 7. The standard InChI is InChI=1S/C22H30N4O4S/c1-31(28,29)25-12-7-19(16-25)26(18-8-14-30-15-9-18)13-11-24-22(27)21-20-5-3-2-4-17(20)6-10-23-21/h2-6,10,18-19H,7-9,11-16H2,1H3,(H,24,27). The largest absolute Gasteiger partial charge is 0.381 e. The fourth-order valence-electron chi connectivity index (χ4n) is 4.65. The zero-order chi connectivity index (χ0) is 21.8. The molecule has 3 heterocycles. The molecule has 2 saturated heterocycles. The Bertz CT molecular complexity index is 1020. The molecule has 0 spiro atoms.